The molecule has 1 unspecified atom stereocenters. The van der Waals surface area contributed by atoms with E-state index in [1.54, 1.807) is 23.3 Å². The van der Waals surface area contributed by atoms with Crippen LogP contribution < -0.4 is 16.7 Å². The number of nitrogens with two attached hydrogens (primary N) is 1. The van der Waals surface area contributed by atoms with Crippen LogP contribution in [0.3, 0.4) is 0 Å². The van der Waals surface area contributed by atoms with Gasteiger partial charge in [-0.25, -0.2) is 16.3 Å². The minimum Gasteiger partial charge on any atom is -0.330 e. The summed E-state index contributed by atoms with van der Waals surface area (Å²) in [4.78, 5) is 51.2. The van der Waals surface area contributed by atoms with Gasteiger partial charge in [0.15, 0.2) is 5.78 Å². The van der Waals surface area contributed by atoms with Gasteiger partial charge in [-0.1, -0.05) is 106 Å². The summed E-state index contributed by atoms with van der Waals surface area (Å²) in [6.07, 6.45) is 11.5. The number of imidazole rings is 1. The standard InChI is InChI=1S/C34H45N5O4/c1-4-19-33(3,25-34(20-5-2,32(42)37-35)30(40)23-39-22-21-36-26-39)29(18-12-17-27-13-8-6-9-14-27)31(41)38-43-24-28-15-10-7-11-16-28/h6-17,21-22,26,29H,4-5,18-20,23-25,35H2,1-3H3,(H,37,42)(H,38,41)/b17-12+/t29-,33+,34?/m1/s1. The third-order valence-corrected chi connectivity index (χ3v) is 8.08. The summed E-state index contributed by atoms with van der Waals surface area (Å²) in [5.74, 6) is 4.00. The van der Waals surface area contributed by atoms with E-state index in [1.807, 2.05) is 93.6 Å². The van der Waals surface area contributed by atoms with Crippen molar-refractivity contribution in [1.82, 2.24) is 20.5 Å². The summed E-state index contributed by atoms with van der Waals surface area (Å²) >= 11 is 0. The molecule has 3 rings (SSSR count). The predicted octanol–water partition coefficient (Wildman–Crippen LogP) is 5.39. The molecule has 3 atom stereocenters. The third-order valence-electron chi connectivity index (χ3n) is 8.08. The van der Waals surface area contributed by atoms with Crippen molar-refractivity contribution in [3.63, 3.8) is 0 Å². The molecular formula is C34H45N5O4. The monoisotopic (exact) mass is 587 g/mol. The Hall–Kier alpha value is -4.08. The number of nitrogens with one attached hydrogen (secondary N) is 2. The Bertz CT molecular complexity index is 1310. The van der Waals surface area contributed by atoms with Gasteiger partial charge in [-0.2, -0.15) is 0 Å². The zero-order valence-electron chi connectivity index (χ0n) is 25.5. The smallest absolute Gasteiger partial charge is 0.247 e. The first-order chi connectivity index (χ1) is 20.8. The summed E-state index contributed by atoms with van der Waals surface area (Å²) in [5, 5.41) is 0. The number of allylic oxidation sites excluding steroid dienone is 1. The van der Waals surface area contributed by atoms with Gasteiger partial charge in [0, 0.05) is 18.3 Å². The summed E-state index contributed by atoms with van der Waals surface area (Å²) < 4.78 is 1.65. The Morgan fingerprint density at radius 2 is 1.70 bits per heavy atom. The molecule has 1 aromatic heterocycles. The van der Waals surface area contributed by atoms with E-state index in [0.29, 0.717) is 25.7 Å². The SMILES string of the molecule is CCCC(C[C@](C)(CCC)[C@H](C/C=C/c1ccccc1)C(=O)NOCc1ccccc1)(C(=O)Cn1ccnc1)C(=O)NN. The van der Waals surface area contributed by atoms with Gasteiger partial charge >= 0.3 is 0 Å². The van der Waals surface area contributed by atoms with Gasteiger partial charge in [-0.05, 0) is 42.2 Å². The number of nitrogens with zero attached hydrogens (tertiary/aromatic N) is 2. The molecule has 0 saturated carbocycles. The highest BCUT2D eigenvalue weighted by Gasteiger charge is 2.51. The van der Waals surface area contributed by atoms with Crippen LogP contribution in [0.15, 0.2) is 85.5 Å². The molecule has 3 aromatic rings. The summed E-state index contributed by atoms with van der Waals surface area (Å²) in [7, 11) is 0. The fraction of sp³-hybridized carbons (Fsp3) is 0.412. The fourth-order valence-corrected chi connectivity index (χ4v) is 6.00. The van der Waals surface area contributed by atoms with E-state index in [2.05, 4.69) is 15.9 Å². The summed E-state index contributed by atoms with van der Waals surface area (Å²) in [6, 6.07) is 19.4. The number of benzene rings is 2. The molecule has 9 nitrogen and oxygen atoms in total. The Labute approximate surface area is 254 Å². The number of carbonyl (C=O) groups is 3. The van der Waals surface area contributed by atoms with Crippen LogP contribution in [0.1, 0.15) is 70.4 Å². The van der Waals surface area contributed by atoms with E-state index in [0.717, 1.165) is 17.5 Å². The van der Waals surface area contributed by atoms with Gasteiger partial charge in [-0.3, -0.25) is 24.6 Å². The topological polar surface area (TPSA) is 128 Å². The van der Waals surface area contributed by atoms with Crippen molar-refractivity contribution >= 4 is 23.7 Å². The number of hydrogen-bond donors (Lipinski definition) is 3. The lowest BCUT2D eigenvalue weighted by Gasteiger charge is -2.43. The average Bonchev–Trinajstić information content (AvgIpc) is 3.52. The zero-order valence-corrected chi connectivity index (χ0v) is 25.5. The molecular weight excluding hydrogens is 542 g/mol. The predicted molar refractivity (Wildman–Crippen MR) is 167 cm³/mol. The number of amides is 2. The van der Waals surface area contributed by atoms with Crippen molar-refractivity contribution < 1.29 is 19.2 Å². The van der Waals surface area contributed by atoms with Gasteiger partial charge < -0.3 is 4.57 Å². The second-order valence-corrected chi connectivity index (χ2v) is 11.4. The largest absolute Gasteiger partial charge is 0.330 e. The highest BCUT2D eigenvalue weighted by atomic mass is 16.6. The highest BCUT2D eigenvalue weighted by Crippen LogP contribution is 2.48. The third kappa shape index (κ3) is 9.20. The second kappa shape index (κ2) is 16.5. The van der Waals surface area contributed by atoms with E-state index in [4.69, 9.17) is 10.7 Å². The maximum Gasteiger partial charge on any atom is 0.247 e. The van der Waals surface area contributed by atoms with Crippen molar-refractivity contribution in [2.24, 2.45) is 22.6 Å². The van der Waals surface area contributed by atoms with Gasteiger partial charge in [0.1, 0.15) is 5.41 Å². The molecule has 0 spiro atoms. The molecule has 0 saturated heterocycles. The van der Waals surface area contributed by atoms with Crippen molar-refractivity contribution in [2.75, 3.05) is 0 Å². The molecule has 2 amide bonds. The van der Waals surface area contributed by atoms with E-state index >= 15 is 0 Å². The van der Waals surface area contributed by atoms with Crippen molar-refractivity contribution in [3.8, 4) is 0 Å². The molecule has 0 fully saturated rings. The van der Waals surface area contributed by atoms with Gasteiger partial charge in [0.25, 0.3) is 0 Å². The van der Waals surface area contributed by atoms with E-state index in [1.165, 1.54) is 0 Å². The minimum atomic E-state index is -1.44. The van der Waals surface area contributed by atoms with Crippen molar-refractivity contribution in [3.05, 3.63) is 96.6 Å². The Morgan fingerprint density at radius 1 is 1.02 bits per heavy atom. The normalized spacial score (nSPS) is 14.9. The molecule has 2 aromatic carbocycles. The number of hydrogen-bond acceptors (Lipinski definition) is 6. The molecule has 0 aliphatic heterocycles. The van der Waals surface area contributed by atoms with Crippen LogP contribution in [-0.2, 0) is 32.4 Å². The quantitative estimate of drug-likeness (QED) is 0.0792. The van der Waals surface area contributed by atoms with Crippen molar-refractivity contribution in [1.29, 1.82) is 0 Å². The number of hydrazine groups is 1. The zero-order chi connectivity index (χ0) is 31.1. The van der Waals surface area contributed by atoms with Crippen LogP contribution in [-0.4, -0.2) is 27.1 Å². The van der Waals surface area contributed by atoms with Crippen LogP contribution in [0.4, 0.5) is 0 Å². The molecule has 0 aliphatic carbocycles. The first-order valence-corrected chi connectivity index (χ1v) is 14.9. The molecule has 43 heavy (non-hydrogen) atoms. The number of carbonyl (C=O) groups excluding carboxylic acids is 3. The van der Waals surface area contributed by atoms with E-state index in [-0.39, 0.29) is 31.3 Å². The van der Waals surface area contributed by atoms with Crippen molar-refractivity contribution in [2.45, 2.75) is 72.4 Å². The molecule has 1 heterocycles. The molecule has 0 bridgehead atoms. The minimum absolute atomic E-state index is 0.0272. The molecule has 0 aliphatic rings. The van der Waals surface area contributed by atoms with Crippen LogP contribution in [0, 0.1) is 16.7 Å². The first-order valence-electron chi connectivity index (χ1n) is 14.9. The Balaban J connectivity index is 1.97. The lowest BCUT2D eigenvalue weighted by atomic mass is 9.60. The number of hydroxylamine groups is 1. The van der Waals surface area contributed by atoms with Gasteiger partial charge in [-0.15, -0.1) is 0 Å². The maximum absolute atomic E-state index is 14.0. The van der Waals surface area contributed by atoms with Gasteiger partial charge in [0.2, 0.25) is 11.8 Å². The average molecular weight is 588 g/mol. The van der Waals surface area contributed by atoms with Crippen LogP contribution in [0.25, 0.3) is 6.08 Å². The van der Waals surface area contributed by atoms with E-state index < -0.39 is 22.7 Å². The maximum atomic E-state index is 14.0. The molecule has 4 N–H and O–H groups in total. The number of aromatic nitrogens is 2. The van der Waals surface area contributed by atoms with Crippen LogP contribution >= 0.6 is 0 Å². The lowest BCUT2D eigenvalue weighted by Crippen LogP contribution is -2.54. The number of rotatable bonds is 18. The highest BCUT2D eigenvalue weighted by molar-refractivity contribution is 6.06. The lowest BCUT2D eigenvalue weighted by molar-refractivity contribution is -0.152. The first kappa shape index (κ1) is 33.4. The Morgan fingerprint density at radius 3 is 2.30 bits per heavy atom. The van der Waals surface area contributed by atoms with Crippen LogP contribution in [0.2, 0.25) is 0 Å². The van der Waals surface area contributed by atoms with E-state index in [9.17, 15) is 14.4 Å². The number of ketones is 1. The molecule has 0 radical (unpaired) electrons. The summed E-state index contributed by atoms with van der Waals surface area (Å²) in [5.41, 5.74) is 4.68. The molecule has 9 heteroatoms. The number of Topliss-reactive ketones (excluding diaryl/α,β-unsaturated/α-hetero) is 1. The Kier molecular flexibility index (Phi) is 12.8. The van der Waals surface area contributed by atoms with Gasteiger partial charge in [0.05, 0.1) is 19.5 Å². The van der Waals surface area contributed by atoms with Crippen LogP contribution in [0.5, 0.6) is 0 Å². The fourth-order valence-electron chi connectivity index (χ4n) is 6.00. The molecule has 230 valence electrons. The summed E-state index contributed by atoms with van der Waals surface area (Å²) in [6.45, 7) is 6.15. The second-order valence-electron chi connectivity index (χ2n) is 11.4.